The highest BCUT2D eigenvalue weighted by Crippen LogP contribution is 2.18. The van der Waals surface area contributed by atoms with Crippen molar-refractivity contribution in [2.45, 2.75) is 25.1 Å². The average molecular weight is 172 g/mol. The predicted octanol–water partition coefficient (Wildman–Crippen LogP) is 0.167. The first-order valence-corrected chi connectivity index (χ1v) is 3.96. The van der Waals surface area contributed by atoms with Crippen LogP contribution in [-0.4, -0.2) is 37.8 Å². The second kappa shape index (κ2) is 3.12. The Morgan fingerprint density at radius 2 is 2.25 bits per heavy atom. The molecular weight excluding hydrogens is 156 g/mol. The number of hydrogen-bond donors (Lipinski definition) is 1. The summed E-state index contributed by atoms with van der Waals surface area (Å²) in [6.07, 6.45) is 0. The van der Waals surface area contributed by atoms with Gasteiger partial charge in [-0.15, -0.1) is 0 Å². The highest BCUT2D eigenvalue weighted by atomic mass is 16.5. The summed E-state index contributed by atoms with van der Waals surface area (Å²) in [6, 6.07) is 0. The zero-order valence-electron chi connectivity index (χ0n) is 7.67. The minimum Gasteiger partial charge on any atom is -0.377 e. The monoisotopic (exact) mass is 172 g/mol. The Labute approximate surface area is 72.8 Å². The highest BCUT2D eigenvalue weighted by Gasteiger charge is 2.36. The Kier molecular flexibility index (Phi) is 2.51. The van der Waals surface area contributed by atoms with Gasteiger partial charge in [0.05, 0.1) is 25.4 Å². The van der Waals surface area contributed by atoms with Crippen molar-refractivity contribution >= 4 is 6.72 Å². The lowest BCUT2D eigenvalue weighted by Crippen LogP contribution is -2.61. The quantitative estimate of drug-likeness (QED) is 0.615. The smallest absolute Gasteiger partial charge is 0.152 e. The molecule has 0 spiro atoms. The normalized spacial score (nSPS) is 21.6. The molecule has 0 radical (unpaired) electrons. The average Bonchev–Trinajstić information content (AvgIpc) is 1.98. The van der Waals surface area contributed by atoms with Crippen molar-refractivity contribution in [2.24, 2.45) is 10.7 Å². The summed E-state index contributed by atoms with van der Waals surface area (Å²) in [5.74, 6) is 0. The minimum atomic E-state index is -0.540. The molecule has 0 saturated carbocycles. The first-order valence-electron chi connectivity index (χ1n) is 3.96. The number of rotatable bonds is 4. The molecule has 0 atom stereocenters. The number of nitrogens with zero attached hydrogens (tertiary/aromatic N) is 1. The SMILES string of the molecule is C=NC(C)(C)OCC1(N)COC1. The van der Waals surface area contributed by atoms with Gasteiger partial charge < -0.3 is 15.2 Å². The van der Waals surface area contributed by atoms with Crippen LogP contribution in [0.25, 0.3) is 0 Å². The van der Waals surface area contributed by atoms with E-state index in [9.17, 15) is 0 Å². The van der Waals surface area contributed by atoms with Gasteiger partial charge in [0.1, 0.15) is 0 Å². The first-order chi connectivity index (χ1) is 5.47. The summed E-state index contributed by atoms with van der Waals surface area (Å²) in [4.78, 5) is 3.81. The molecule has 0 aromatic rings. The van der Waals surface area contributed by atoms with E-state index in [4.69, 9.17) is 15.2 Å². The third-order valence-corrected chi connectivity index (χ3v) is 1.87. The van der Waals surface area contributed by atoms with E-state index in [1.54, 1.807) is 0 Å². The van der Waals surface area contributed by atoms with Crippen LogP contribution in [0.1, 0.15) is 13.8 Å². The van der Waals surface area contributed by atoms with Crippen LogP contribution in [0.4, 0.5) is 0 Å². The van der Waals surface area contributed by atoms with Gasteiger partial charge in [0.15, 0.2) is 5.72 Å². The Morgan fingerprint density at radius 1 is 1.67 bits per heavy atom. The molecule has 0 unspecified atom stereocenters. The molecule has 1 heterocycles. The molecule has 0 aromatic heterocycles. The zero-order valence-corrected chi connectivity index (χ0v) is 7.67. The molecule has 0 aliphatic carbocycles. The van der Waals surface area contributed by atoms with Crippen LogP contribution in [0.2, 0.25) is 0 Å². The lowest BCUT2D eigenvalue weighted by atomic mass is 10.0. The standard InChI is InChI=1S/C8H16N2O2/c1-7(2,10-3)12-6-8(9)4-11-5-8/h3-6,9H2,1-2H3. The second-order valence-electron chi connectivity index (χ2n) is 3.75. The fourth-order valence-corrected chi connectivity index (χ4v) is 0.814. The van der Waals surface area contributed by atoms with Crippen molar-refractivity contribution < 1.29 is 9.47 Å². The zero-order chi connectivity index (χ0) is 9.24. The first kappa shape index (κ1) is 9.64. The van der Waals surface area contributed by atoms with E-state index in [-0.39, 0.29) is 5.54 Å². The summed E-state index contributed by atoms with van der Waals surface area (Å²) < 4.78 is 10.4. The van der Waals surface area contributed by atoms with Gasteiger partial charge in [0.25, 0.3) is 0 Å². The predicted molar refractivity (Wildman–Crippen MR) is 47.3 cm³/mol. The number of aliphatic imine (C=N–C) groups is 1. The summed E-state index contributed by atoms with van der Waals surface area (Å²) >= 11 is 0. The lowest BCUT2D eigenvalue weighted by Gasteiger charge is -2.39. The highest BCUT2D eigenvalue weighted by molar-refractivity contribution is 5.24. The Hall–Kier alpha value is -0.450. The van der Waals surface area contributed by atoms with Crippen molar-refractivity contribution in [1.82, 2.24) is 0 Å². The molecule has 12 heavy (non-hydrogen) atoms. The van der Waals surface area contributed by atoms with Gasteiger partial charge in [0, 0.05) is 0 Å². The van der Waals surface area contributed by atoms with E-state index in [0.29, 0.717) is 19.8 Å². The fraction of sp³-hybridized carbons (Fsp3) is 0.875. The molecule has 0 bridgehead atoms. The lowest BCUT2D eigenvalue weighted by molar-refractivity contribution is -0.122. The van der Waals surface area contributed by atoms with Gasteiger partial charge in [-0.2, -0.15) is 0 Å². The van der Waals surface area contributed by atoms with Gasteiger partial charge in [-0.1, -0.05) is 0 Å². The van der Waals surface area contributed by atoms with E-state index in [1.807, 2.05) is 13.8 Å². The summed E-state index contributed by atoms with van der Waals surface area (Å²) in [5.41, 5.74) is 5.01. The minimum absolute atomic E-state index is 0.304. The summed E-state index contributed by atoms with van der Waals surface area (Å²) in [5, 5.41) is 0. The molecule has 70 valence electrons. The third-order valence-electron chi connectivity index (χ3n) is 1.87. The maximum atomic E-state index is 5.85. The Bertz CT molecular complexity index is 176. The maximum Gasteiger partial charge on any atom is 0.152 e. The fourth-order valence-electron chi connectivity index (χ4n) is 0.814. The van der Waals surface area contributed by atoms with Crippen molar-refractivity contribution in [3.63, 3.8) is 0 Å². The van der Waals surface area contributed by atoms with Crippen LogP contribution in [-0.2, 0) is 9.47 Å². The van der Waals surface area contributed by atoms with Crippen LogP contribution in [0.5, 0.6) is 0 Å². The molecule has 0 amide bonds. The summed E-state index contributed by atoms with van der Waals surface area (Å²) in [6.45, 7) is 8.74. The third kappa shape index (κ3) is 2.27. The van der Waals surface area contributed by atoms with Crippen LogP contribution >= 0.6 is 0 Å². The molecule has 1 rings (SSSR count). The summed E-state index contributed by atoms with van der Waals surface area (Å²) in [7, 11) is 0. The van der Waals surface area contributed by atoms with Gasteiger partial charge in [-0.05, 0) is 20.6 Å². The molecule has 1 aliphatic heterocycles. The molecule has 4 nitrogen and oxygen atoms in total. The Balaban J connectivity index is 2.29. The number of ether oxygens (including phenoxy) is 2. The molecule has 1 saturated heterocycles. The van der Waals surface area contributed by atoms with Crippen LogP contribution < -0.4 is 5.73 Å². The van der Waals surface area contributed by atoms with Gasteiger partial charge >= 0.3 is 0 Å². The van der Waals surface area contributed by atoms with E-state index >= 15 is 0 Å². The van der Waals surface area contributed by atoms with Gasteiger partial charge in [0.2, 0.25) is 0 Å². The van der Waals surface area contributed by atoms with Gasteiger partial charge in [-0.3, -0.25) is 4.99 Å². The van der Waals surface area contributed by atoms with E-state index in [0.717, 1.165) is 0 Å². The molecule has 1 aliphatic rings. The molecule has 2 N–H and O–H groups in total. The van der Waals surface area contributed by atoms with E-state index in [2.05, 4.69) is 11.7 Å². The topological polar surface area (TPSA) is 56.8 Å². The van der Waals surface area contributed by atoms with Gasteiger partial charge in [-0.25, -0.2) is 0 Å². The number of hydrogen-bond acceptors (Lipinski definition) is 4. The van der Waals surface area contributed by atoms with Crippen molar-refractivity contribution in [3.8, 4) is 0 Å². The molecule has 0 aromatic carbocycles. The van der Waals surface area contributed by atoms with Crippen LogP contribution in [0.15, 0.2) is 4.99 Å². The van der Waals surface area contributed by atoms with Crippen molar-refractivity contribution in [1.29, 1.82) is 0 Å². The molecule has 4 heteroatoms. The molecule has 1 fully saturated rings. The number of nitrogens with two attached hydrogens (primary N) is 1. The van der Waals surface area contributed by atoms with Crippen LogP contribution in [0.3, 0.4) is 0 Å². The van der Waals surface area contributed by atoms with Crippen molar-refractivity contribution in [2.75, 3.05) is 19.8 Å². The maximum absolute atomic E-state index is 5.85. The van der Waals surface area contributed by atoms with Crippen LogP contribution in [0, 0.1) is 0 Å². The Morgan fingerprint density at radius 3 is 2.58 bits per heavy atom. The van der Waals surface area contributed by atoms with E-state index < -0.39 is 5.72 Å². The second-order valence-corrected chi connectivity index (χ2v) is 3.75. The van der Waals surface area contributed by atoms with E-state index in [1.165, 1.54) is 0 Å². The molecular formula is C8H16N2O2. The van der Waals surface area contributed by atoms with Crippen molar-refractivity contribution in [3.05, 3.63) is 0 Å². The largest absolute Gasteiger partial charge is 0.377 e.